The van der Waals surface area contributed by atoms with Gasteiger partial charge in [-0.25, -0.2) is 4.79 Å². The molecule has 22 heavy (non-hydrogen) atoms. The second-order valence-corrected chi connectivity index (χ2v) is 6.71. The number of carbonyl (C=O) groups excluding carboxylic acids is 1. The van der Waals surface area contributed by atoms with Crippen molar-refractivity contribution in [1.29, 1.82) is 0 Å². The number of nitrogens with zero attached hydrogens (tertiary/aromatic N) is 2. The van der Waals surface area contributed by atoms with Crippen LogP contribution in [0.3, 0.4) is 0 Å². The van der Waals surface area contributed by atoms with Crippen LogP contribution in [-0.2, 0) is 4.74 Å². The molecule has 0 spiro atoms. The summed E-state index contributed by atoms with van der Waals surface area (Å²) in [5.41, 5.74) is 6.41. The van der Waals surface area contributed by atoms with Gasteiger partial charge in [-0.2, -0.15) is 0 Å². The lowest BCUT2D eigenvalue weighted by Crippen LogP contribution is -2.55. The number of benzene rings is 1. The number of aromatic hydroxyl groups is 1. The number of piperazine rings is 1. The summed E-state index contributed by atoms with van der Waals surface area (Å²) < 4.78 is 5.44. The minimum Gasteiger partial charge on any atom is -0.506 e. The van der Waals surface area contributed by atoms with E-state index in [9.17, 15) is 9.90 Å². The fourth-order valence-electron chi connectivity index (χ4n) is 2.51. The van der Waals surface area contributed by atoms with Crippen molar-refractivity contribution in [3.05, 3.63) is 18.2 Å². The highest BCUT2D eigenvalue weighted by Crippen LogP contribution is 2.28. The zero-order valence-electron chi connectivity index (χ0n) is 13.7. The normalized spacial score (nSPS) is 19.2. The zero-order chi connectivity index (χ0) is 16.5. The van der Waals surface area contributed by atoms with Crippen LogP contribution in [0.1, 0.15) is 27.7 Å². The molecule has 1 amide bonds. The fourth-order valence-corrected chi connectivity index (χ4v) is 2.51. The monoisotopic (exact) mass is 307 g/mol. The second-order valence-electron chi connectivity index (χ2n) is 6.71. The Morgan fingerprint density at radius 3 is 2.59 bits per heavy atom. The lowest BCUT2D eigenvalue weighted by molar-refractivity contribution is 0.0159. The van der Waals surface area contributed by atoms with E-state index in [1.807, 2.05) is 33.8 Å². The van der Waals surface area contributed by atoms with E-state index in [0.29, 0.717) is 25.3 Å². The maximum Gasteiger partial charge on any atom is 0.410 e. The molecule has 122 valence electrons. The molecule has 0 radical (unpaired) electrons. The number of hydrogen-bond acceptors (Lipinski definition) is 5. The first kappa shape index (κ1) is 16.3. The topological polar surface area (TPSA) is 79.0 Å². The molecule has 3 N–H and O–H groups in total. The van der Waals surface area contributed by atoms with Gasteiger partial charge < -0.3 is 25.4 Å². The Labute approximate surface area is 131 Å². The molecule has 1 heterocycles. The fraction of sp³-hybridized carbons (Fsp3) is 0.562. The summed E-state index contributed by atoms with van der Waals surface area (Å²) in [6.07, 6.45) is -0.278. The predicted molar refractivity (Wildman–Crippen MR) is 87.1 cm³/mol. The molecule has 1 aromatic rings. The maximum absolute atomic E-state index is 12.2. The smallest absolute Gasteiger partial charge is 0.410 e. The van der Waals surface area contributed by atoms with Crippen LogP contribution in [0.15, 0.2) is 18.2 Å². The molecule has 0 aliphatic carbocycles. The van der Waals surface area contributed by atoms with Crippen LogP contribution in [0, 0.1) is 0 Å². The van der Waals surface area contributed by atoms with Crippen LogP contribution in [0.4, 0.5) is 16.2 Å². The van der Waals surface area contributed by atoms with Gasteiger partial charge in [-0.3, -0.25) is 0 Å². The molecule has 1 saturated heterocycles. The molecule has 0 bridgehead atoms. The first-order valence-corrected chi connectivity index (χ1v) is 7.50. The number of rotatable bonds is 1. The number of hydrogen-bond donors (Lipinski definition) is 2. The van der Waals surface area contributed by atoms with Gasteiger partial charge in [0.1, 0.15) is 11.4 Å². The Kier molecular flexibility index (Phi) is 4.39. The highest BCUT2D eigenvalue weighted by Gasteiger charge is 2.31. The van der Waals surface area contributed by atoms with Crippen molar-refractivity contribution in [2.24, 2.45) is 0 Å². The minimum absolute atomic E-state index is 0.0308. The van der Waals surface area contributed by atoms with E-state index in [2.05, 4.69) is 4.90 Å². The summed E-state index contributed by atoms with van der Waals surface area (Å²) >= 11 is 0. The van der Waals surface area contributed by atoms with Crippen LogP contribution in [-0.4, -0.2) is 47.4 Å². The number of ether oxygens (including phenoxy) is 1. The van der Waals surface area contributed by atoms with Gasteiger partial charge >= 0.3 is 6.09 Å². The molecule has 2 rings (SSSR count). The van der Waals surface area contributed by atoms with E-state index in [4.69, 9.17) is 10.5 Å². The SMILES string of the molecule is C[C@@H]1CN(c2ccc(N)c(O)c2)CCN1C(=O)OC(C)(C)C. The minimum atomic E-state index is -0.489. The summed E-state index contributed by atoms with van der Waals surface area (Å²) in [6.45, 7) is 9.54. The van der Waals surface area contributed by atoms with E-state index < -0.39 is 5.60 Å². The van der Waals surface area contributed by atoms with Gasteiger partial charge in [0.2, 0.25) is 0 Å². The highest BCUT2D eigenvalue weighted by molar-refractivity contribution is 5.69. The number of nitrogens with two attached hydrogens (primary N) is 1. The Balaban J connectivity index is 2.03. The first-order valence-electron chi connectivity index (χ1n) is 7.50. The Morgan fingerprint density at radius 1 is 1.36 bits per heavy atom. The second kappa shape index (κ2) is 5.94. The van der Waals surface area contributed by atoms with Gasteiger partial charge in [0.15, 0.2) is 0 Å². The Morgan fingerprint density at radius 2 is 2.05 bits per heavy atom. The van der Waals surface area contributed by atoms with Crippen LogP contribution in [0.2, 0.25) is 0 Å². The van der Waals surface area contributed by atoms with Crippen molar-refractivity contribution in [3.63, 3.8) is 0 Å². The summed E-state index contributed by atoms with van der Waals surface area (Å²) in [5, 5.41) is 9.73. The molecule has 0 aromatic heterocycles. The third kappa shape index (κ3) is 3.75. The quantitative estimate of drug-likeness (QED) is 0.615. The molecule has 1 aliphatic rings. The molecule has 1 fully saturated rings. The van der Waals surface area contributed by atoms with Crippen molar-refractivity contribution in [2.45, 2.75) is 39.3 Å². The average Bonchev–Trinajstić information content (AvgIpc) is 2.39. The van der Waals surface area contributed by atoms with Gasteiger partial charge in [-0.15, -0.1) is 0 Å². The molecular weight excluding hydrogens is 282 g/mol. The van der Waals surface area contributed by atoms with E-state index >= 15 is 0 Å². The number of phenolic OH excluding ortho intramolecular Hbond substituents is 1. The van der Waals surface area contributed by atoms with Crippen molar-refractivity contribution in [2.75, 3.05) is 30.3 Å². The number of anilines is 2. The van der Waals surface area contributed by atoms with Crippen molar-refractivity contribution in [3.8, 4) is 5.75 Å². The van der Waals surface area contributed by atoms with Gasteiger partial charge in [0.05, 0.1) is 5.69 Å². The summed E-state index contributed by atoms with van der Waals surface area (Å²) in [5.74, 6) is 0.0831. The lowest BCUT2D eigenvalue weighted by Gasteiger charge is -2.41. The van der Waals surface area contributed by atoms with E-state index in [0.717, 1.165) is 5.69 Å². The first-order chi connectivity index (χ1) is 10.2. The van der Waals surface area contributed by atoms with Crippen molar-refractivity contribution >= 4 is 17.5 Å². The number of amides is 1. The Hall–Kier alpha value is -2.11. The molecule has 1 atom stereocenters. The Bertz CT molecular complexity index is 554. The number of phenols is 1. The van der Waals surface area contributed by atoms with E-state index in [1.54, 1.807) is 17.0 Å². The van der Waals surface area contributed by atoms with Crippen LogP contribution in [0.5, 0.6) is 5.75 Å². The third-order valence-corrected chi connectivity index (χ3v) is 3.63. The van der Waals surface area contributed by atoms with Gasteiger partial charge in [0, 0.05) is 37.4 Å². The number of nitrogen functional groups attached to an aromatic ring is 1. The maximum atomic E-state index is 12.2. The average molecular weight is 307 g/mol. The zero-order valence-corrected chi connectivity index (χ0v) is 13.7. The highest BCUT2D eigenvalue weighted by atomic mass is 16.6. The van der Waals surface area contributed by atoms with Crippen LogP contribution < -0.4 is 10.6 Å². The summed E-state index contributed by atoms with van der Waals surface area (Å²) in [7, 11) is 0. The standard InChI is InChI=1S/C16H25N3O3/c1-11-10-18(12-5-6-13(17)14(20)9-12)7-8-19(11)15(21)22-16(2,3)4/h5-6,9,11,20H,7-8,10,17H2,1-4H3/t11-/m1/s1. The molecule has 6 nitrogen and oxygen atoms in total. The summed E-state index contributed by atoms with van der Waals surface area (Å²) in [6, 6.07) is 5.26. The largest absolute Gasteiger partial charge is 0.506 e. The van der Waals surface area contributed by atoms with Crippen molar-refractivity contribution in [1.82, 2.24) is 4.90 Å². The summed E-state index contributed by atoms with van der Waals surface area (Å²) in [4.78, 5) is 16.1. The lowest BCUT2D eigenvalue weighted by atomic mass is 10.1. The van der Waals surface area contributed by atoms with Gasteiger partial charge in [-0.1, -0.05) is 0 Å². The predicted octanol–water partition coefficient (Wildman–Crippen LogP) is 2.42. The molecule has 1 aromatic carbocycles. The molecule has 1 aliphatic heterocycles. The van der Waals surface area contributed by atoms with E-state index in [-0.39, 0.29) is 17.9 Å². The molecule has 6 heteroatoms. The van der Waals surface area contributed by atoms with E-state index in [1.165, 1.54) is 0 Å². The third-order valence-electron chi connectivity index (χ3n) is 3.63. The molecule has 0 saturated carbocycles. The number of carbonyl (C=O) groups is 1. The van der Waals surface area contributed by atoms with Gasteiger partial charge in [0.25, 0.3) is 0 Å². The molecule has 0 unspecified atom stereocenters. The van der Waals surface area contributed by atoms with Crippen LogP contribution >= 0.6 is 0 Å². The van der Waals surface area contributed by atoms with Gasteiger partial charge in [-0.05, 0) is 39.8 Å². The van der Waals surface area contributed by atoms with Crippen LogP contribution in [0.25, 0.3) is 0 Å². The molecular formula is C16H25N3O3. The van der Waals surface area contributed by atoms with Crippen molar-refractivity contribution < 1.29 is 14.6 Å².